The Morgan fingerprint density at radius 1 is 0.946 bits per heavy atom. The lowest BCUT2D eigenvalue weighted by Crippen LogP contribution is -2.26. The van der Waals surface area contributed by atoms with Crippen molar-refractivity contribution in [2.24, 2.45) is 5.92 Å². The lowest BCUT2D eigenvalue weighted by molar-refractivity contribution is 0.0954. The molecule has 0 aliphatic rings. The highest BCUT2D eigenvalue weighted by molar-refractivity contribution is 6.12. The number of para-hydroxylation sites is 3. The van der Waals surface area contributed by atoms with Crippen molar-refractivity contribution in [1.29, 1.82) is 0 Å². The van der Waals surface area contributed by atoms with E-state index in [9.17, 15) is 4.79 Å². The van der Waals surface area contributed by atoms with Crippen molar-refractivity contribution in [3.05, 3.63) is 72.3 Å². The maximum absolute atomic E-state index is 13.4. The van der Waals surface area contributed by atoms with Gasteiger partial charge in [-0.2, -0.15) is 0 Å². The molecule has 7 heteroatoms. The molecule has 0 saturated heterocycles. The number of hydrogen-bond acceptors (Lipinski definition) is 4. The molecule has 0 fully saturated rings. The molecule has 0 saturated carbocycles. The number of anilines is 1. The number of benzene rings is 3. The Morgan fingerprint density at radius 2 is 1.65 bits per heavy atom. The Bertz CT molecular complexity index is 1810. The van der Waals surface area contributed by atoms with Crippen molar-refractivity contribution in [2.75, 3.05) is 12.3 Å². The Morgan fingerprint density at radius 3 is 2.41 bits per heavy atom. The van der Waals surface area contributed by atoms with Gasteiger partial charge in [0.2, 0.25) is 0 Å². The minimum Gasteiger partial charge on any atom is -0.384 e. The van der Waals surface area contributed by atoms with E-state index in [4.69, 9.17) is 15.7 Å². The first-order valence-electron chi connectivity index (χ1n) is 12.8. The van der Waals surface area contributed by atoms with Crippen LogP contribution in [0.5, 0.6) is 0 Å². The molecule has 0 bridgehead atoms. The van der Waals surface area contributed by atoms with Crippen LogP contribution >= 0.6 is 0 Å². The van der Waals surface area contributed by atoms with Crippen molar-refractivity contribution >= 4 is 55.7 Å². The van der Waals surface area contributed by atoms with Crippen molar-refractivity contribution in [2.45, 2.75) is 33.7 Å². The molecule has 0 atom stereocenters. The van der Waals surface area contributed by atoms with Gasteiger partial charge in [-0.1, -0.05) is 44.2 Å². The van der Waals surface area contributed by atoms with E-state index in [-0.39, 0.29) is 5.91 Å². The van der Waals surface area contributed by atoms with Gasteiger partial charge in [-0.05, 0) is 55.7 Å². The summed E-state index contributed by atoms with van der Waals surface area (Å²) in [5, 5.41) is 5.35. The van der Waals surface area contributed by atoms with E-state index in [1.165, 1.54) is 10.9 Å². The van der Waals surface area contributed by atoms with Gasteiger partial charge in [0.15, 0.2) is 5.65 Å². The molecule has 3 aromatic carbocycles. The highest BCUT2D eigenvalue weighted by Gasteiger charge is 2.25. The first-order valence-corrected chi connectivity index (χ1v) is 12.8. The largest absolute Gasteiger partial charge is 0.384 e. The molecule has 1 amide bonds. The fourth-order valence-corrected chi connectivity index (χ4v) is 5.23. The number of aryl methyl sites for hydroxylation is 1. The summed E-state index contributed by atoms with van der Waals surface area (Å²) in [5.74, 6) is 0.598. The highest BCUT2D eigenvalue weighted by atomic mass is 16.1. The Balaban J connectivity index is 1.60. The van der Waals surface area contributed by atoms with Gasteiger partial charge in [-0.15, -0.1) is 0 Å². The highest BCUT2D eigenvalue weighted by Crippen LogP contribution is 2.35. The van der Waals surface area contributed by atoms with Gasteiger partial charge in [0.25, 0.3) is 5.91 Å². The van der Waals surface area contributed by atoms with E-state index >= 15 is 0 Å². The van der Waals surface area contributed by atoms with Gasteiger partial charge >= 0.3 is 0 Å². The van der Waals surface area contributed by atoms with Crippen molar-refractivity contribution < 1.29 is 4.79 Å². The minimum atomic E-state index is -0.227. The number of carbonyl (C=O) groups excluding carboxylic acids is 1. The molecule has 0 aliphatic heterocycles. The van der Waals surface area contributed by atoms with E-state index in [0.29, 0.717) is 35.0 Å². The second-order valence-electron chi connectivity index (χ2n) is 9.88. The number of aromatic nitrogens is 4. The minimum absolute atomic E-state index is 0.227. The summed E-state index contributed by atoms with van der Waals surface area (Å²) in [5.41, 5.74) is 12.9. The molecule has 3 N–H and O–H groups in total. The number of nitrogens with zero attached hydrogens (tertiary/aromatic N) is 4. The standard InChI is InChI=1S/C30H30N6O/c1-4-35-24-12-8-5-9-20(24)21-17-19(13-14-25(21)35)36-28(31)26(30(37)32-16-15-18(2)3)27-29(36)34-23-11-7-6-10-22(23)33-27/h5-14,17-18H,4,15-16,31H2,1-3H3,(H,32,37). The summed E-state index contributed by atoms with van der Waals surface area (Å²) in [7, 11) is 0. The number of fused-ring (bicyclic) bond motifs is 5. The van der Waals surface area contributed by atoms with E-state index in [1.54, 1.807) is 0 Å². The van der Waals surface area contributed by atoms with Gasteiger partial charge in [0, 0.05) is 40.6 Å². The number of hydrogen-bond donors (Lipinski definition) is 2. The molecule has 3 heterocycles. The summed E-state index contributed by atoms with van der Waals surface area (Å²) in [6, 6.07) is 22.4. The van der Waals surface area contributed by atoms with E-state index in [1.807, 2.05) is 34.9 Å². The summed E-state index contributed by atoms with van der Waals surface area (Å²) in [6.45, 7) is 7.87. The normalized spacial score (nSPS) is 11.9. The average molecular weight is 491 g/mol. The topological polar surface area (TPSA) is 90.8 Å². The van der Waals surface area contributed by atoms with Crippen LogP contribution in [0.4, 0.5) is 5.82 Å². The summed E-state index contributed by atoms with van der Waals surface area (Å²) < 4.78 is 4.18. The molecule has 0 radical (unpaired) electrons. The lowest BCUT2D eigenvalue weighted by Gasteiger charge is -2.10. The van der Waals surface area contributed by atoms with Crippen LogP contribution in [0, 0.1) is 5.92 Å². The van der Waals surface area contributed by atoms with Crippen molar-refractivity contribution in [3.63, 3.8) is 0 Å². The SMILES string of the molecule is CCn1c2ccccc2c2cc(-n3c(N)c(C(=O)NCCC(C)C)c4nc5ccccc5nc43)ccc21. The number of nitrogens with one attached hydrogen (secondary N) is 1. The van der Waals surface area contributed by atoms with Gasteiger partial charge in [0.05, 0.1) is 11.0 Å². The van der Waals surface area contributed by atoms with Crippen LogP contribution in [0.25, 0.3) is 49.7 Å². The van der Waals surface area contributed by atoms with Gasteiger partial charge in [0.1, 0.15) is 16.9 Å². The van der Waals surface area contributed by atoms with E-state index in [2.05, 4.69) is 67.1 Å². The second kappa shape index (κ2) is 8.92. The molecular weight excluding hydrogens is 460 g/mol. The van der Waals surface area contributed by atoms with Crippen molar-refractivity contribution in [3.8, 4) is 5.69 Å². The van der Waals surface area contributed by atoms with Crippen LogP contribution < -0.4 is 11.1 Å². The van der Waals surface area contributed by atoms with Crippen LogP contribution in [0.15, 0.2) is 66.7 Å². The zero-order valence-corrected chi connectivity index (χ0v) is 21.3. The molecule has 6 rings (SSSR count). The third-order valence-electron chi connectivity index (χ3n) is 7.06. The molecule has 0 spiro atoms. The van der Waals surface area contributed by atoms with Crippen LogP contribution in [0.1, 0.15) is 37.6 Å². The van der Waals surface area contributed by atoms with Gasteiger partial charge < -0.3 is 15.6 Å². The van der Waals surface area contributed by atoms with Crippen LogP contribution in [0.2, 0.25) is 0 Å². The molecule has 3 aromatic heterocycles. The fourth-order valence-electron chi connectivity index (χ4n) is 5.23. The third-order valence-corrected chi connectivity index (χ3v) is 7.06. The first kappa shape index (κ1) is 23.0. The molecule has 37 heavy (non-hydrogen) atoms. The number of rotatable bonds is 6. The van der Waals surface area contributed by atoms with Gasteiger partial charge in [-0.25, -0.2) is 9.97 Å². The van der Waals surface area contributed by atoms with Crippen molar-refractivity contribution in [1.82, 2.24) is 24.4 Å². The fraction of sp³-hybridized carbons (Fsp3) is 0.233. The molecule has 6 aromatic rings. The molecule has 0 aliphatic carbocycles. The number of carbonyl (C=O) groups is 1. The maximum atomic E-state index is 13.4. The van der Waals surface area contributed by atoms with E-state index < -0.39 is 0 Å². The van der Waals surface area contributed by atoms with Crippen LogP contribution in [-0.4, -0.2) is 31.6 Å². The average Bonchev–Trinajstić information content (AvgIpc) is 3.37. The summed E-state index contributed by atoms with van der Waals surface area (Å²) in [6.07, 6.45) is 0.886. The maximum Gasteiger partial charge on any atom is 0.257 e. The third kappa shape index (κ3) is 3.69. The van der Waals surface area contributed by atoms with Crippen LogP contribution in [0.3, 0.4) is 0 Å². The van der Waals surface area contributed by atoms with E-state index in [0.717, 1.165) is 40.6 Å². The summed E-state index contributed by atoms with van der Waals surface area (Å²) in [4.78, 5) is 23.2. The van der Waals surface area contributed by atoms with Gasteiger partial charge in [-0.3, -0.25) is 9.36 Å². The number of nitrogen functional groups attached to an aromatic ring is 1. The number of amides is 1. The molecular formula is C30H30N6O. The summed E-state index contributed by atoms with van der Waals surface area (Å²) >= 11 is 0. The predicted octanol–water partition coefficient (Wildman–Crippen LogP) is 6.06. The first-order chi connectivity index (χ1) is 18.0. The molecule has 0 unspecified atom stereocenters. The Labute approximate surface area is 214 Å². The lowest BCUT2D eigenvalue weighted by atomic mass is 10.1. The molecule has 7 nitrogen and oxygen atoms in total. The Kier molecular flexibility index (Phi) is 5.56. The zero-order chi connectivity index (χ0) is 25.7. The second-order valence-corrected chi connectivity index (χ2v) is 9.88. The Hall–Kier alpha value is -4.39. The van der Waals surface area contributed by atoms with Crippen LogP contribution in [-0.2, 0) is 6.54 Å². The molecule has 186 valence electrons. The zero-order valence-electron chi connectivity index (χ0n) is 21.3. The predicted molar refractivity (Wildman–Crippen MR) is 151 cm³/mol. The number of nitrogens with two attached hydrogens (primary N) is 1. The monoisotopic (exact) mass is 490 g/mol. The quantitative estimate of drug-likeness (QED) is 0.297. The smallest absolute Gasteiger partial charge is 0.257 e.